The van der Waals surface area contributed by atoms with E-state index in [-0.39, 0.29) is 0 Å². The van der Waals surface area contributed by atoms with Crippen molar-refractivity contribution in [3.63, 3.8) is 0 Å². The second-order valence-corrected chi connectivity index (χ2v) is 4.12. The number of rotatable bonds is 4. The summed E-state index contributed by atoms with van der Waals surface area (Å²) in [7, 11) is 0. The Morgan fingerprint density at radius 2 is 2.12 bits per heavy atom. The molecule has 88 valence electrons. The van der Waals surface area contributed by atoms with Gasteiger partial charge in [-0.15, -0.1) is 0 Å². The van der Waals surface area contributed by atoms with Gasteiger partial charge in [-0.25, -0.2) is 15.8 Å². The number of aromatic nitrogens is 2. The van der Waals surface area contributed by atoms with E-state index in [4.69, 9.17) is 5.84 Å². The molecule has 1 aliphatic rings. The van der Waals surface area contributed by atoms with E-state index >= 15 is 0 Å². The van der Waals surface area contributed by atoms with E-state index in [2.05, 4.69) is 27.2 Å². The maximum absolute atomic E-state index is 5.42. The molecular formula is C11H19N5. The minimum absolute atomic E-state index is 0.709. The second-order valence-electron chi connectivity index (χ2n) is 4.12. The van der Waals surface area contributed by atoms with Crippen LogP contribution in [0.2, 0.25) is 0 Å². The number of nitrogens with two attached hydrogens (primary N) is 1. The van der Waals surface area contributed by atoms with Crippen molar-refractivity contribution in [1.29, 1.82) is 0 Å². The van der Waals surface area contributed by atoms with Gasteiger partial charge in [-0.1, -0.05) is 6.92 Å². The number of anilines is 2. The molecule has 1 saturated heterocycles. The topological polar surface area (TPSA) is 67.1 Å². The van der Waals surface area contributed by atoms with Crippen LogP contribution in [0.15, 0.2) is 6.07 Å². The first-order valence-corrected chi connectivity index (χ1v) is 5.93. The Balaban J connectivity index is 2.24. The zero-order chi connectivity index (χ0) is 11.4. The SMILES string of the molecule is CCCc1nc(NN)cc(N2CCCC2)n1. The third-order valence-electron chi connectivity index (χ3n) is 2.81. The zero-order valence-corrected chi connectivity index (χ0v) is 9.74. The Morgan fingerprint density at radius 3 is 2.75 bits per heavy atom. The van der Waals surface area contributed by atoms with Crippen LogP contribution in [-0.4, -0.2) is 23.1 Å². The van der Waals surface area contributed by atoms with Crippen molar-refractivity contribution in [3.8, 4) is 0 Å². The highest BCUT2D eigenvalue weighted by Crippen LogP contribution is 2.20. The first-order chi connectivity index (χ1) is 7.83. The van der Waals surface area contributed by atoms with E-state index in [1.54, 1.807) is 0 Å². The normalized spacial score (nSPS) is 15.5. The number of hydrogen-bond donors (Lipinski definition) is 2. The summed E-state index contributed by atoms with van der Waals surface area (Å²) < 4.78 is 0. The smallest absolute Gasteiger partial charge is 0.145 e. The van der Waals surface area contributed by atoms with Crippen LogP contribution in [0.4, 0.5) is 11.6 Å². The van der Waals surface area contributed by atoms with Crippen LogP contribution in [0.25, 0.3) is 0 Å². The molecule has 0 spiro atoms. The molecule has 2 heterocycles. The molecule has 0 aromatic carbocycles. The molecule has 0 amide bonds. The maximum atomic E-state index is 5.42. The molecule has 1 aliphatic heterocycles. The molecule has 1 aromatic rings. The average Bonchev–Trinajstić information content (AvgIpc) is 2.82. The molecule has 2 rings (SSSR count). The molecule has 0 unspecified atom stereocenters. The summed E-state index contributed by atoms with van der Waals surface area (Å²) in [5.41, 5.74) is 2.61. The van der Waals surface area contributed by atoms with Gasteiger partial charge in [0.05, 0.1) is 0 Å². The lowest BCUT2D eigenvalue weighted by Crippen LogP contribution is -2.21. The van der Waals surface area contributed by atoms with Crippen molar-refractivity contribution < 1.29 is 0 Å². The lowest BCUT2D eigenvalue weighted by atomic mass is 10.3. The summed E-state index contributed by atoms with van der Waals surface area (Å²) in [6.07, 6.45) is 4.45. The predicted molar refractivity (Wildman–Crippen MR) is 65.3 cm³/mol. The van der Waals surface area contributed by atoms with Gasteiger partial charge in [0, 0.05) is 25.6 Å². The van der Waals surface area contributed by atoms with Crippen LogP contribution in [-0.2, 0) is 6.42 Å². The molecule has 0 radical (unpaired) electrons. The minimum atomic E-state index is 0.709. The zero-order valence-electron chi connectivity index (χ0n) is 9.74. The fourth-order valence-electron chi connectivity index (χ4n) is 2.00. The van der Waals surface area contributed by atoms with Gasteiger partial charge < -0.3 is 10.3 Å². The van der Waals surface area contributed by atoms with Crippen LogP contribution < -0.4 is 16.2 Å². The molecule has 1 aromatic heterocycles. The lowest BCUT2D eigenvalue weighted by Gasteiger charge is -2.17. The summed E-state index contributed by atoms with van der Waals surface area (Å²) in [5, 5.41) is 0. The summed E-state index contributed by atoms with van der Waals surface area (Å²) >= 11 is 0. The maximum Gasteiger partial charge on any atom is 0.145 e. The van der Waals surface area contributed by atoms with Crippen LogP contribution in [0, 0.1) is 0 Å². The Kier molecular flexibility index (Phi) is 3.56. The van der Waals surface area contributed by atoms with Crippen molar-refractivity contribution in [2.45, 2.75) is 32.6 Å². The quantitative estimate of drug-likeness (QED) is 0.593. The average molecular weight is 221 g/mol. The first-order valence-electron chi connectivity index (χ1n) is 5.93. The van der Waals surface area contributed by atoms with E-state index in [1.807, 2.05) is 6.07 Å². The molecule has 3 N–H and O–H groups in total. The number of nitrogen functional groups attached to an aromatic ring is 1. The summed E-state index contributed by atoms with van der Waals surface area (Å²) in [6.45, 7) is 4.31. The molecule has 0 saturated carbocycles. The monoisotopic (exact) mass is 221 g/mol. The largest absolute Gasteiger partial charge is 0.356 e. The van der Waals surface area contributed by atoms with E-state index in [0.717, 1.165) is 37.6 Å². The summed E-state index contributed by atoms with van der Waals surface area (Å²) in [4.78, 5) is 11.2. The highest BCUT2D eigenvalue weighted by atomic mass is 15.3. The minimum Gasteiger partial charge on any atom is -0.356 e. The van der Waals surface area contributed by atoms with E-state index in [0.29, 0.717) is 5.82 Å². The molecule has 5 heteroatoms. The van der Waals surface area contributed by atoms with Crippen molar-refractivity contribution in [2.75, 3.05) is 23.4 Å². The number of hydrazine groups is 1. The highest BCUT2D eigenvalue weighted by molar-refractivity contribution is 5.49. The van der Waals surface area contributed by atoms with Crippen LogP contribution >= 0.6 is 0 Å². The molecule has 0 aliphatic carbocycles. The molecular weight excluding hydrogens is 202 g/mol. The molecule has 16 heavy (non-hydrogen) atoms. The molecule has 0 bridgehead atoms. The number of nitrogens with one attached hydrogen (secondary N) is 1. The Labute approximate surface area is 96.0 Å². The van der Waals surface area contributed by atoms with Gasteiger partial charge >= 0.3 is 0 Å². The van der Waals surface area contributed by atoms with Crippen molar-refractivity contribution >= 4 is 11.6 Å². The van der Waals surface area contributed by atoms with Gasteiger partial charge in [0.1, 0.15) is 17.5 Å². The standard InChI is InChI=1S/C11H19N5/c1-2-5-9-13-10(15-12)8-11(14-9)16-6-3-4-7-16/h8H,2-7,12H2,1H3,(H,13,14,15). The Bertz CT molecular complexity index is 346. The second kappa shape index (κ2) is 5.12. The van der Waals surface area contributed by atoms with Gasteiger partial charge in [-0.05, 0) is 19.3 Å². The first kappa shape index (κ1) is 11.1. The molecule has 1 fully saturated rings. The van der Waals surface area contributed by atoms with Crippen molar-refractivity contribution in [3.05, 3.63) is 11.9 Å². The Hall–Kier alpha value is -1.36. The van der Waals surface area contributed by atoms with Gasteiger partial charge in [0.15, 0.2) is 0 Å². The van der Waals surface area contributed by atoms with Gasteiger partial charge in [-0.3, -0.25) is 0 Å². The van der Waals surface area contributed by atoms with E-state index in [9.17, 15) is 0 Å². The fourth-order valence-corrected chi connectivity index (χ4v) is 2.00. The molecule has 5 nitrogen and oxygen atoms in total. The van der Waals surface area contributed by atoms with Crippen LogP contribution in [0.5, 0.6) is 0 Å². The summed E-state index contributed by atoms with van der Waals surface area (Å²) in [5.74, 6) is 8.01. The van der Waals surface area contributed by atoms with Crippen molar-refractivity contribution in [1.82, 2.24) is 9.97 Å². The fraction of sp³-hybridized carbons (Fsp3) is 0.636. The van der Waals surface area contributed by atoms with Gasteiger partial charge in [0.25, 0.3) is 0 Å². The third kappa shape index (κ3) is 2.41. The van der Waals surface area contributed by atoms with E-state index in [1.165, 1.54) is 12.8 Å². The van der Waals surface area contributed by atoms with Gasteiger partial charge in [-0.2, -0.15) is 0 Å². The van der Waals surface area contributed by atoms with Crippen LogP contribution in [0.3, 0.4) is 0 Å². The number of aryl methyl sites for hydroxylation is 1. The molecule has 0 atom stereocenters. The summed E-state index contributed by atoms with van der Waals surface area (Å²) in [6, 6.07) is 1.92. The van der Waals surface area contributed by atoms with Gasteiger partial charge in [0.2, 0.25) is 0 Å². The van der Waals surface area contributed by atoms with Crippen LogP contribution in [0.1, 0.15) is 32.0 Å². The number of hydrogen-bond acceptors (Lipinski definition) is 5. The van der Waals surface area contributed by atoms with Crippen molar-refractivity contribution in [2.24, 2.45) is 5.84 Å². The predicted octanol–water partition coefficient (Wildman–Crippen LogP) is 1.31. The highest BCUT2D eigenvalue weighted by Gasteiger charge is 2.15. The Morgan fingerprint density at radius 1 is 1.38 bits per heavy atom. The third-order valence-corrected chi connectivity index (χ3v) is 2.81. The lowest BCUT2D eigenvalue weighted by molar-refractivity contribution is 0.818. The number of nitrogens with zero attached hydrogens (tertiary/aromatic N) is 3. The van der Waals surface area contributed by atoms with E-state index < -0.39 is 0 Å².